The molecule has 0 saturated carbocycles. The molecular formula is C19H22N4O4. The van der Waals surface area contributed by atoms with E-state index >= 15 is 0 Å². The van der Waals surface area contributed by atoms with Crippen LogP contribution in [0.2, 0.25) is 0 Å². The summed E-state index contributed by atoms with van der Waals surface area (Å²) in [6.07, 6.45) is 0. The van der Waals surface area contributed by atoms with Crippen LogP contribution < -0.4 is 21.5 Å². The van der Waals surface area contributed by atoms with Crippen LogP contribution in [0.3, 0.4) is 0 Å². The fraction of sp³-hybridized carbons (Fsp3) is 0.316. The van der Waals surface area contributed by atoms with Crippen molar-refractivity contribution in [2.24, 2.45) is 0 Å². The van der Waals surface area contributed by atoms with Gasteiger partial charge in [-0.05, 0) is 31.5 Å². The van der Waals surface area contributed by atoms with Crippen LogP contribution in [0.5, 0.6) is 0 Å². The summed E-state index contributed by atoms with van der Waals surface area (Å²) >= 11 is 0. The van der Waals surface area contributed by atoms with Crippen LogP contribution >= 0.6 is 0 Å². The monoisotopic (exact) mass is 370 g/mol. The number of hydrogen-bond donors (Lipinski definition) is 3. The molecule has 142 valence electrons. The van der Waals surface area contributed by atoms with Crippen LogP contribution in [0.1, 0.15) is 30.9 Å². The van der Waals surface area contributed by atoms with Crippen molar-refractivity contribution < 1.29 is 9.53 Å². The Morgan fingerprint density at radius 1 is 1.15 bits per heavy atom. The molecule has 0 bridgehead atoms. The first-order chi connectivity index (χ1) is 12.8. The molecule has 0 spiro atoms. The maximum Gasteiger partial charge on any atom is 0.336 e. The minimum absolute atomic E-state index is 0.219. The van der Waals surface area contributed by atoms with Gasteiger partial charge in [-0.2, -0.15) is 0 Å². The number of carbonyl (C=O) groups excluding carboxylic acids is 1. The van der Waals surface area contributed by atoms with Gasteiger partial charge in [-0.25, -0.2) is 9.59 Å². The lowest BCUT2D eigenvalue weighted by molar-refractivity contribution is -0.138. The number of allylic oxidation sites excluding steroid dienone is 1. The molecule has 2 heterocycles. The van der Waals surface area contributed by atoms with E-state index in [-0.39, 0.29) is 18.0 Å². The summed E-state index contributed by atoms with van der Waals surface area (Å²) in [5, 5.41) is 2.96. The second-order valence-electron chi connectivity index (χ2n) is 6.50. The molecule has 1 aliphatic heterocycles. The molecular weight excluding hydrogens is 348 g/mol. The van der Waals surface area contributed by atoms with E-state index in [1.807, 2.05) is 43.3 Å². The number of aromatic nitrogens is 2. The smallest absolute Gasteiger partial charge is 0.336 e. The van der Waals surface area contributed by atoms with Crippen LogP contribution in [0.25, 0.3) is 0 Å². The number of carbonyl (C=O) groups is 1. The van der Waals surface area contributed by atoms with Gasteiger partial charge in [-0.15, -0.1) is 0 Å². The predicted molar refractivity (Wildman–Crippen MR) is 103 cm³/mol. The average Bonchev–Trinajstić information content (AvgIpc) is 2.60. The number of benzene rings is 1. The molecule has 1 aliphatic rings. The molecule has 2 aromatic rings. The molecule has 0 saturated heterocycles. The van der Waals surface area contributed by atoms with Crippen molar-refractivity contribution in [3.8, 4) is 0 Å². The zero-order valence-electron chi connectivity index (χ0n) is 15.7. The number of hydrogen-bond acceptors (Lipinski definition) is 6. The zero-order valence-corrected chi connectivity index (χ0v) is 15.7. The highest BCUT2D eigenvalue weighted by molar-refractivity contribution is 5.94. The molecule has 0 amide bonds. The van der Waals surface area contributed by atoms with E-state index in [4.69, 9.17) is 4.74 Å². The minimum atomic E-state index is -0.655. The van der Waals surface area contributed by atoms with Crippen LogP contribution in [-0.4, -0.2) is 36.6 Å². The van der Waals surface area contributed by atoms with Gasteiger partial charge in [0.2, 0.25) is 0 Å². The Morgan fingerprint density at radius 2 is 1.81 bits per heavy atom. The van der Waals surface area contributed by atoms with Crippen LogP contribution in [0, 0.1) is 0 Å². The van der Waals surface area contributed by atoms with Crippen molar-refractivity contribution >= 4 is 17.5 Å². The average molecular weight is 370 g/mol. The Hall–Kier alpha value is -3.29. The van der Waals surface area contributed by atoms with E-state index < -0.39 is 23.1 Å². The Labute approximate surface area is 155 Å². The van der Waals surface area contributed by atoms with Crippen molar-refractivity contribution in [3.05, 3.63) is 67.5 Å². The molecule has 8 heteroatoms. The summed E-state index contributed by atoms with van der Waals surface area (Å²) in [6, 6.07) is 7.56. The molecule has 27 heavy (non-hydrogen) atoms. The molecule has 0 fully saturated rings. The summed E-state index contributed by atoms with van der Waals surface area (Å²) in [5.74, 6) is -0.867. The first-order valence-electron chi connectivity index (χ1n) is 8.62. The van der Waals surface area contributed by atoms with Crippen molar-refractivity contribution in [2.45, 2.75) is 19.8 Å². The fourth-order valence-electron chi connectivity index (χ4n) is 3.26. The van der Waals surface area contributed by atoms with Crippen LogP contribution in [0.15, 0.2) is 45.1 Å². The topological polar surface area (TPSA) is 107 Å². The third-order valence-corrected chi connectivity index (χ3v) is 4.51. The summed E-state index contributed by atoms with van der Waals surface area (Å²) in [5.41, 5.74) is 1.74. The number of anilines is 2. The van der Waals surface area contributed by atoms with Crippen molar-refractivity contribution in [1.82, 2.24) is 9.97 Å². The lowest BCUT2D eigenvalue weighted by Crippen LogP contribution is -2.35. The lowest BCUT2D eigenvalue weighted by atomic mass is 9.82. The lowest BCUT2D eigenvalue weighted by Gasteiger charge is -2.29. The fourth-order valence-corrected chi connectivity index (χ4v) is 3.26. The Kier molecular flexibility index (Phi) is 4.89. The maximum atomic E-state index is 12.6. The van der Waals surface area contributed by atoms with E-state index in [0.717, 1.165) is 11.3 Å². The maximum absolute atomic E-state index is 12.6. The van der Waals surface area contributed by atoms with Gasteiger partial charge in [0, 0.05) is 25.5 Å². The third kappa shape index (κ3) is 3.38. The molecule has 3 rings (SSSR count). The standard InChI is InChI=1S/C19H22N4O4/c1-5-27-18(25)13-10(2)20-16-15(17(24)22-19(26)21-16)14(13)11-6-8-12(9-7-11)23(3)4/h6-9,14H,5H2,1-4H3,(H3,20,21,22,24,26). The van der Waals surface area contributed by atoms with Crippen molar-refractivity contribution in [1.29, 1.82) is 0 Å². The van der Waals surface area contributed by atoms with Gasteiger partial charge in [0.05, 0.1) is 23.7 Å². The summed E-state index contributed by atoms with van der Waals surface area (Å²) in [7, 11) is 3.86. The number of aromatic amines is 2. The molecule has 1 aromatic heterocycles. The number of esters is 1. The van der Waals surface area contributed by atoms with Gasteiger partial charge in [0.1, 0.15) is 5.82 Å². The second-order valence-corrected chi connectivity index (χ2v) is 6.50. The number of ether oxygens (including phenoxy) is 1. The molecule has 1 atom stereocenters. The van der Waals surface area contributed by atoms with Crippen LogP contribution in [-0.2, 0) is 9.53 Å². The van der Waals surface area contributed by atoms with Gasteiger partial charge in [-0.1, -0.05) is 12.1 Å². The summed E-state index contributed by atoms with van der Waals surface area (Å²) in [4.78, 5) is 43.7. The highest BCUT2D eigenvalue weighted by Gasteiger charge is 2.35. The van der Waals surface area contributed by atoms with Crippen molar-refractivity contribution in [2.75, 3.05) is 30.9 Å². The van der Waals surface area contributed by atoms with E-state index in [9.17, 15) is 14.4 Å². The molecule has 1 aromatic carbocycles. The number of H-pyrrole nitrogens is 2. The van der Waals surface area contributed by atoms with Crippen LogP contribution in [0.4, 0.5) is 11.5 Å². The molecule has 3 N–H and O–H groups in total. The van der Waals surface area contributed by atoms with E-state index in [2.05, 4.69) is 15.3 Å². The van der Waals surface area contributed by atoms with E-state index in [1.165, 1.54) is 0 Å². The summed E-state index contributed by atoms with van der Waals surface area (Å²) < 4.78 is 5.21. The Morgan fingerprint density at radius 3 is 2.41 bits per heavy atom. The number of nitrogens with one attached hydrogen (secondary N) is 3. The SMILES string of the molecule is CCOC(=O)C1=C(C)Nc2[nH]c(=O)[nH]c(=O)c2C1c1ccc(N(C)C)cc1. The highest BCUT2D eigenvalue weighted by Crippen LogP contribution is 2.39. The van der Waals surface area contributed by atoms with E-state index in [1.54, 1.807) is 13.8 Å². The molecule has 8 nitrogen and oxygen atoms in total. The number of fused-ring (bicyclic) bond motifs is 1. The molecule has 0 aliphatic carbocycles. The van der Waals surface area contributed by atoms with Gasteiger partial charge < -0.3 is 15.0 Å². The van der Waals surface area contributed by atoms with Crippen molar-refractivity contribution in [3.63, 3.8) is 0 Å². The largest absolute Gasteiger partial charge is 0.463 e. The first kappa shape index (κ1) is 18.5. The first-order valence-corrected chi connectivity index (χ1v) is 8.62. The normalized spacial score (nSPS) is 15.8. The van der Waals surface area contributed by atoms with Gasteiger partial charge in [0.25, 0.3) is 5.56 Å². The summed E-state index contributed by atoms with van der Waals surface area (Å²) in [6.45, 7) is 3.66. The minimum Gasteiger partial charge on any atom is -0.463 e. The Balaban J connectivity index is 2.23. The quantitative estimate of drug-likeness (QED) is 0.705. The Bertz CT molecular complexity index is 1020. The van der Waals surface area contributed by atoms with Gasteiger partial charge >= 0.3 is 11.7 Å². The zero-order chi connectivity index (χ0) is 19.7. The third-order valence-electron chi connectivity index (χ3n) is 4.51. The predicted octanol–water partition coefficient (Wildman–Crippen LogP) is 1.52. The van der Waals surface area contributed by atoms with E-state index in [0.29, 0.717) is 11.3 Å². The molecule has 1 unspecified atom stereocenters. The second kappa shape index (κ2) is 7.14. The van der Waals surface area contributed by atoms with Gasteiger partial charge in [-0.3, -0.25) is 14.8 Å². The highest BCUT2D eigenvalue weighted by atomic mass is 16.5. The molecule has 0 radical (unpaired) electrons. The number of nitrogens with zero attached hydrogens (tertiary/aromatic N) is 1. The van der Waals surface area contributed by atoms with Gasteiger partial charge in [0.15, 0.2) is 0 Å². The number of rotatable bonds is 4.